The normalized spacial score (nSPS) is 12.9. The largest absolute Gasteiger partial charge is 0.505 e. The van der Waals surface area contributed by atoms with Gasteiger partial charge < -0.3 is 9.07 Å². The molecule has 0 aromatic carbocycles. The van der Waals surface area contributed by atoms with E-state index in [9.17, 15) is 8.42 Å². The van der Waals surface area contributed by atoms with Crippen LogP contribution < -0.4 is 0 Å². The highest BCUT2D eigenvalue weighted by Crippen LogP contribution is 2.03. The molecule has 5 heteroatoms. The topological polar surface area (TPSA) is 34.1 Å². The molecule has 0 aliphatic carbocycles. The summed E-state index contributed by atoms with van der Waals surface area (Å²) in [5.41, 5.74) is 0. The minimum Gasteiger partial charge on any atom is -0.346 e. The van der Waals surface area contributed by atoms with Gasteiger partial charge in [0.1, 0.15) is 0 Å². The van der Waals surface area contributed by atoms with E-state index < -0.39 is 29.1 Å². The van der Waals surface area contributed by atoms with Gasteiger partial charge in [0.05, 0.1) is 0 Å². The van der Waals surface area contributed by atoms with Crippen LogP contribution in [0, 0.1) is 0 Å². The standard InChI is InChI=1S/C5H9O2S.ClH.Mg/c1-4-5(2)8(3,6)7;;/h4H,1H2,2-3H3;1H;/q;;+1/p-1. The highest BCUT2D eigenvalue weighted by Gasteiger charge is 2.03. The molecular formula is C5H9ClMgO2S. The summed E-state index contributed by atoms with van der Waals surface area (Å²) in [6.07, 6.45) is 2.89. The van der Waals surface area contributed by atoms with Crippen molar-refractivity contribution in [2.24, 2.45) is 0 Å². The molecule has 0 aromatic rings. The predicted octanol–water partition coefficient (Wildman–Crippen LogP) is 1.21. The lowest BCUT2D eigenvalue weighted by atomic mass is 10.6. The maximum Gasteiger partial charge on any atom is 0.505 e. The lowest BCUT2D eigenvalue weighted by molar-refractivity contribution is 0.607. The van der Waals surface area contributed by atoms with E-state index in [2.05, 4.69) is 0 Å². The van der Waals surface area contributed by atoms with Gasteiger partial charge in [0.15, 0.2) is 9.84 Å². The molecule has 2 nitrogen and oxygen atoms in total. The molecule has 0 N–H and O–H groups in total. The first-order valence-electron chi connectivity index (χ1n) is 2.91. The van der Waals surface area contributed by atoms with Gasteiger partial charge in [-0.1, -0.05) is 6.08 Å². The summed E-state index contributed by atoms with van der Waals surface area (Å²) in [7, 11) is 2.54. The van der Waals surface area contributed by atoms with Gasteiger partial charge in [-0.3, -0.25) is 0 Å². The molecule has 0 bridgehead atoms. The maximum atomic E-state index is 10.7. The molecule has 0 fully saturated rings. The van der Waals surface area contributed by atoms with E-state index in [1.54, 1.807) is 13.0 Å². The third kappa shape index (κ3) is 4.54. The first-order chi connectivity index (χ1) is 4.48. The Morgan fingerprint density at radius 1 is 1.70 bits per heavy atom. The third-order valence-electron chi connectivity index (χ3n) is 1.13. The van der Waals surface area contributed by atoms with Crippen LogP contribution in [0.3, 0.4) is 0 Å². The Bertz CT molecular complexity index is 220. The number of sulfone groups is 1. The van der Waals surface area contributed by atoms with E-state index in [1.165, 1.54) is 6.26 Å². The Hall–Kier alpha value is 0.746. The molecule has 0 saturated heterocycles. The van der Waals surface area contributed by atoms with Crippen LogP contribution in [0.25, 0.3) is 0 Å². The molecule has 10 heavy (non-hydrogen) atoms. The van der Waals surface area contributed by atoms with E-state index in [0.717, 1.165) is 4.55 Å². The quantitative estimate of drug-likeness (QED) is 0.631. The first kappa shape index (κ1) is 10.7. The van der Waals surface area contributed by atoms with Crippen LogP contribution in [-0.2, 0) is 9.84 Å². The van der Waals surface area contributed by atoms with Crippen LogP contribution in [0.4, 0.5) is 0 Å². The van der Waals surface area contributed by atoms with Crippen LogP contribution in [0.2, 0.25) is 4.55 Å². The first-order valence-corrected chi connectivity index (χ1v) is 7.94. The van der Waals surface area contributed by atoms with Gasteiger partial charge in [-0.05, 0) is 6.92 Å². The number of rotatable bonds is 3. The summed E-state index contributed by atoms with van der Waals surface area (Å²) in [4.78, 5) is 0.431. The second kappa shape index (κ2) is 4.59. The van der Waals surface area contributed by atoms with Crippen molar-refractivity contribution in [1.29, 1.82) is 0 Å². The van der Waals surface area contributed by atoms with E-state index in [-0.39, 0.29) is 0 Å². The molecule has 0 amide bonds. The molecule has 56 valence electrons. The van der Waals surface area contributed by atoms with Gasteiger partial charge in [-0.2, -0.15) is 0 Å². The van der Waals surface area contributed by atoms with Crippen molar-refractivity contribution in [2.75, 3.05) is 6.26 Å². The Labute approximate surface area is 75.1 Å². The van der Waals surface area contributed by atoms with Crippen molar-refractivity contribution >= 4 is 38.2 Å². The van der Waals surface area contributed by atoms with Crippen LogP contribution in [-0.4, -0.2) is 33.9 Å². The molecule has 0 aliphatic rings. The van der Waals surface area contributed by atoms with Crippen LogP contribution in [0.1, 0.15) is 6.92 Å². The fraction of sp³-hybridized carbons (Fsp3) is 0.600. The molecule has 0 unspecified atom stereocenters. The third-order valence-corrected chi connectivity index (χ3v) is 3.62. The summed E-state index contributed by atoms with van der Waals surface area (Å²) in [5, 5.41) is 0. The van der Waals surface area contributed by atoms with Gasteiger partial charge in [0, 0.05) is 11.2 Å². The number of hydrogen-bond acceptors (Lipinski definition) is 2. The molecule has 0 aliphatic heterocycles. The van der Waals surface area contributed by atoms with Crippen LogP contribution in [0.5, 0.6) is 0 Å². The summed E-state index contributed by atoms with van der Waals surface area (Å²) in [6.45, 7) is 1.59. The Morgan fingerprint density at radius 3 is 2.50 bits per heavy atom. The molecule has 0 saturated carbocycles. The van der Waals surface area contributed by atoms with Crippen molar-refractivity contribution in [1.82, 2.24) is 0 Å². The molecule has 0 atom stereocenters. The van der Waals surface area contributed by atoms with Gasteiger partial charge in [-0.25, -0.2) is 8.42 Å². The van der Waals surface area contributed by atoms with Crippen molar-refractivity contribution < 1.29 is 8.42 Å². The lowest BCUT2D eigenvalue weighted by Crippen LogP contribution is -1.96. The summed E-state index contributed by atoms with van der Waals surface area (Å²) in [6, 6.07) is 0. The second-order valence-electron chi connectivity index (χ2n) is 2.06. The molecule has 0 radical (unpaired) electrons. The second-order valence-corrected chi connectivity index (χ2v) is 6.34. The summed E-state index contributed by atoms with van der Waals surface area (Å²) >= 11 is -0.555. The monoisotopic (exact) mass is 192 g/mol. The molecule has 0 heterocycles. The predicted molar refractivity (Wildman–Crippen MR) is 45.0 cm³/mol. The van der Waals surface area contributed by atoms with Gasteiger partial charge in [0.2, 0.25) is 0 Å². The zero-order valence-corrected chi connectivity index (χ0v) is 9.08. The zero-order chi connectivity index (χ0) is 8.20. The van der Waals surface area contributed by atoms with Crippen molar-refractivity contribution in [3.05, 3.63) is 11.0 Å². The van der Waals surface area contributed by atoms with E-state index in [4.69, 9.17) is 9.07 Å². The number of halogens is 1. The van der Waals surface area contributed by atoms with Crippen molar-refractivity contribution in [2.45, 2.75) is 11.5 Å². The highest BCUT2D eigenvalue weighted by atomic mass is 35.5. The molecule has 0 aromatic heterocycles. The Morgan fingerprint density at radius 2 is 2.20 bits per heavy atom. The number of hydrogen-bond donors (Lipinski definition) is 0. The highest BCUT2D eigenvalue weighted by molar-refractivity contribution is 7.94. The number of allylic oxidation sites excluding steroid dienone is 2. The Balaban J connectivity index is 4.22. The van der Waals surface area contributed by atoms with Gasteiger partial charge in [0.25, 0.3) is 0 Å². The minimum absolute atomic E-state index is 0.431. The molecular weight excluding hydrogens is 184 g/mol. The average Bonchev–Trinajstić information content (AvgIpc) is 1.80. The Kier molecular flexibility index (Phi) is 4.93. The maximum absolute atomic E-state index is 10.7. The van der Waals surface area contributed by atoms with E-state index in [0.29, 0.717) is 4.91 Å². The minimum atomic E-state index is -2.95. The van der Waals surface area contributed by atoms with Crippen LogP contribution >= 0.6 is 9.07 Å². The van der Waals surface area contributed by atoms with Gasteiger partial charge in [-0.15, -0.1) is 4.55 Å². The van der Waals surface area contributed by atoms with E-state index in [1.807, 2.05) is 0 Å². The zero-order valence-electron chi connectivity index (χ0n) is 6.09. The van der Waals surface area contributed by atoms with E-state index >= 15 is 0 Å². The smallest absolute Gasteiger partial charge is 0.346 e. The van der Waals surface area contributed by atoms with Gasteiger partial charge >= 0.3 is 19.3 Å². The van der Waals surface area contributed by atoms with Crippen LogP contribution in [0.15, 0.2) is 11.0 Å². The fourth-order valence-electron chi connectivity index (χ4n) is 0.409. The van der Waals surface area contributed by atoms with Crippen molar-refractivity contribution in [3.63, 3.8) is 0 Å². The average molecular weight is 193 g/mol. The summed E-state index contributed by atoms with van der Waals surface area (Å²) < 4.78 is 22.2. The van der Waals surface area contributed by atoms with Crippen molar-refractivity contribution in [3.8, 4) is 0 Å². The SMILES string of the molecule is CC(=C[CH2][Mg][Cl])S(C)(=O)=O. The summed E-state index contributed by atoms with van der Waals surface area (Å²) in [5.74, 6) is 0. The molecule has 0 spiro atoms. The molecule has 0 rings (SSSR count). The lowest BCUT2D eigenvalue weighted by Gasteiger charge is -1.94. The fourth-order valence-corrected chi connectivity index (χ4v) is 1.91.